The molecule has 2 atom stereocenters. The summed E-state index contributed by atoms with van der Waals surface area (Å²) < 4.78 is 5.00. The lowest BCUT2D eigenvalue weighted by molar-refractivity contribution is -0.151. The standard InChI is InChI=1S/C27H54O4/c1-3-4-5-6-7-8-9-10-11-12-13-14-15-16-17-18-19-20-21-22-25(2)27(30)31-24-26(29)23-28/h25-26,28-29H,3-24H2,1-2H3. The molecule has 4 nitrogen and oxygen atoms in total. The van der Waals surface area contributed by atoms with Crippen molar-refractivity contribution in [3.05, 3.63) is 0 Å². The minimum absolute atomic E-state index is 0.112. The molecule has 0 aromatic heterocycles. The number of carbonyl (C=O) groups excluding carboxylic acids is 1. The van der Waals surface area contributed by atoms with E-state index in [-0.39, 0.29) is 25.1 Å². The van der Waals surface area contributed by atoms with E-state index in [2.05, 4.69) is 6.92 Å². The van der Waals surface area contributed by atoms with Crippen LogP contribution in [0, 0.1) is 5.92 Å². The molecular formula is C27H54O4. The molecule has 0 radical (unpaired) electrons. The molecule has 0 saturated heterocycles. The lowest BCUT2D eigenvalue weighted by Crippen LogP contribution is -2.24. The van der Waals surface area contributed by atoms with E-state index in [4.69, 9.17) is 9.84 Å². The lowest BCUT2D eigenvalue weighted by Gasteiger charge is -2.13. The molecule has 0 aromatic carbocycles. The summed E-state index contributed by atoms with van der Waals surface area (Å²) in [7, 11) is 0. The lowest BCUT2D eigenvalue weighted by atomic mass is 10.0. The highest BCUT2D eigenvalue weighted by Gasteiger charge is 2.15. The number of rotatable bonds is 24. The van der Waals surface area contributed by atoms with Crippen molar-refractivity contribution >= 4 is 5.97 Å². The molecule has 0 aliphatic rings. The fourth-order valence-corrected chi connectivity index (χ4v) is 4.02. The van der Waals surface area contributed by atoms with Crippen LogP contribution >= 0.6 is 0 Å². The van der Waals surface area contributed by atoms with Crippen LogP contribution in [0.4, 0.5) is 0 Å². The molecule has 0 aliphatic heterocycles. The minimum atomic E-state index is -0.967. The van der Waals surface area contributed by atoms with Gasteiger partial charge in [0.2, 0.25) is 0 Å². The Labute approximate surface area is 193 Å². The van der Waals surface area contributed by atoms with E-state index < -0.39 is 6.10 Å². The topological polar surface area (TPSA) is 66.8 Å². The Morgan fingerprint density at radius 1 is 0.677 bits per heavy atom. The average Bonchev–Trinajstić information content (AvgIpc) is 2.78. The van der Waals surface area contributed by atoms with Crippen molar-refractivity contribution in [2.24, 2.45) is 5.92 Å². The minimum Gasteiger partial charge on any atom is -0.463 e. The Morgan fingerprint density at radius 3 is 1.39 bits per heavy atom. The van der Waals surface area contributed by atoms with Crippen molar-refractivity contribution < 1.29 is 19.7 Å². The second-order valence-corrected chi connectivity index (χ2v) is 9.52. The molecule has 0 rings (SSSR count). The number of aliphatic hydroxyl groups excluding tert-OH is 2. The van der Waals surface area contributed by atoms with E-state index in [1.165, 1.54) is 116 Å². The summed E-state index contributed by atoms with van der Waals surface area (Å²) >= 11 is 0. The second kappa shape index (κ2) is 24.0. The van der Waals surface area contributed by atoms with E-state index in [0.717, 1.165) is 12.8 Å². The van der Waals surface area contributed by atoms with Crippen molar-refractivity contribution in [3.8, 4) is 0 Å². The van der Waals surface area contributed by atoms with Crippen LogP contribution < -0.4 is 0 Å². The van der Waals surface area contributed by atoms with Crippen molar-refractivity contribution in [2.45, 2.75) is 148 Å². The van der Waals surface area contributed by atoms with Gasteiger partial charge in [-0.15, -0.1) is 0 Å². The van der Waals surface area contributed by atoms with Gasteiger partial charge in [-0.25, -0.2) is 0 Å². The summed E-state index contributed by atoms with van der Waals surface area (Å²) in [4.78, 5) is 11.8. The molecule has 0 aromatic rings. The van der Waals surface area contributed by atoms with Gasteiger partial charge in [0.1, 0.15) is 12.7 Å². The van der Waals surface area contributed by atoms with Gasteiger partial charge >= 0.3 is 5.97 Å². The van der Waals surface area contributed by atoms with Crippen LogP contribution in [0.5, 0.6) is 0 Å². The first kappa shape index (κ1) is 30.4. The number of hydrogen-bond donors (Lipinski definition) is 2. The van der Waals surface area contributed by atoms with Crippen LogP contribution in [-0.4, -0.2) is 35.5 Å². The maximum Gasteiger partial charge on any atom is 0.308 e. The van der Waals surface area contributed by atoms with Crippen LogP contribution in [-0.2, 0) is 9.53 Å². The van der Waals surface area contributed by atoms with E-state index in [9.17, 15) is 9.90 Å². The highest BCUT2D eigenvalue weighted by Crippen LogP contribution is 2.16. The summed E-state index contributed by atoms with van der Waals surface area (Å²) in [6.45, 7) is 3.67. The zero-order valence-electron chi connectivity index (χ0n) is 20.9. The first-order valence-electron chi connectivity index (χ1n) is 13.6. The maximum atomic E-state index is 11.8. The molecule has 0 saturated carbocycles. The van der Waals surface area contributed by atoms with Gasteiger partial charge in [-0.3, -0.25) is 4.79 Å². The van der Waals surface area contributed by atoms with E-state index in [1.54, 1.807) is 0 Å². The zero-order chi connectivity index (χ0) is 23.0. The van der Waals surface area contributed by atoms with Crippen LogP contribution in [0.1, 0.15) is 142 Å². The normalized spacial score (nSPS) is 13.3. The monoisotopic (exact) mass is 442 g/mol. The van der Waals surface area contributed by atoms with Gasteiger partial charge in [-0.05, 0) is 6.42 Å². The Hall–Kier alpha value is -0.610. The zero-order valence-corrected chi connectivity index (χ0v) is 20.9. The summed E-state index contributed by atoms with van der Waals surface area (Å²) in [5, 5.41) is 17.9. The second-order valence-electron chi connectivity index (χ2n) is 9.52. The van der Waals surface area contributed by atoms with Crippen LogP contribution in [0.15, 0.2) is 0 Å². The molecule has 2 N–H and O–H groups in total. The molecule has 0 amide bonds. The fourth-order valence-electron chi connectivity index (χ4n) is 4.02. The van der Waals surface area contributed by atoms with Crippen molar-refractivity contribution in [2.75, 3.05) is 13.2 Å². The average molecular weight is 443 g/mol. The summed E-state index contributed by atoms with van der Waals surface area (Å²) in [6.07, 6.45) is 25.9. The highest BCUT2D eigenvalue weighted by atomic mass is 16.5. The SMILES string of the molecule is CCCCCCCCCCCCCCCCCCCCCC(C)C(=O)OCC(O)CO. The number of unbranched alkanes of at least 4 members (excludes halogenated alkanes) is 18. The fraction of sp³-hybridized carbons (Fsp3) is 0.963. The Morgan fingerprint density at radius 2 is 1.03 bits per heavy atom. The first-order chi connectivity index (χ1) is 15.1. The Kier molecular flexibility index (Phi) is 23.6. The largest absolute Gasteiger partial charge is 0.463 e. The summed E-state index contributed by atoms with van der Waals surface area (Å²) in [5.41, 5.74) is 0. The Balaban J connectivity index is 3.22. The van der Waals surface area contributed by atoms with E-state index >= 15 is 0 Å². The molecular weight excluding hydrogens is 388 g/mol. The molecule has 186 valence electrons. The van der Waals surface area contributed by atoms with E-state index in [1.807, 2.05) is 6.92 Å². The van der Waals surface area contributed by atoms with Gasteiger partial charge < -0.3 is 14.9 Å². The molecule has 0 bridgehead atoms. The molecule has 31 heavy (non-hydrogen) atoms. The van der Waals surface area contributed by atoms with Gasteiger partial charge in [0.05, 0.1) is 12.5 Å². The number of esters is 1. The molecule has 0 aliphatic carbocycles. The Bertz CT molecular complexity index is 372. The van der Waals surface area contributed by atoms with Crippen LogP contribution in [0.25, 0.3) is 0 Å². The number of hydrogen-bond acceptors (Lipinski definition) is 4. The highest BCUT2D eigenvalue weighted by molar-refractivity contribution is 5.71. The quantitative estimate of drug-likeness (QED) is 0.121. The van der Waals surface area contributed by atoms with Gasteiger partial charge in [0.25, 0.3) is 0 Å². The van der Waals surface area contributed by atoms with Gasteiger partial charge in [-0.1, -0.05) is 136 Å². The number of carbonyl (C=O) groups is 1. The van der Waals surface area contributed by atoms with Gasteiger partial charge in [0, 0.05) is 0 Å². The van der Waals surface area contributed by atoms with Gasteiger partial charge in [0.15, 0.2) is 0 Å². The number of ether oxygens (including phenoxy) is 1. The third kappa shape index (κ3) is 22.4. The predicted molar refractivity (Wildman–Crippen MR) is 131 cm³/mol. The van der Waals surface area contributed by atoms with Crippen molar-refractivity contribution in [1.82, 2.24) is 0 Å². The number of aliphatic hydroxyl groups is 2. The molecule has 0 fully saturated rings. The van der Waals surface area contributed by atoms with Crippen LogP contribution in [0.2, 0.25) is 0 Å². The summed E-state index contributed by atoms with van der Waals surface area (Å²) in [6, 6.07) is 0. The van der Waals surface area contributed by atoms with Crippen molar-refractivity contribution in [3.63, 3.8) is 0 Å². The predicted octanol–water partition coefficient (Wildman–Crippen LogP) is 7.34. The van der Waals surface area contributed by atoms with E-state index in [0.29, 0.717) is 0 Å². The molecule has 0 heterocycles. The van der Waals surface area contributed by atoms with Crippen molar-refractivity contribution in [1.29, 1.82) is 0 Å². The molecule has 2 unspecified atom stereocenters. The third-order valence-electron chi connectivity index (χ3n) is 6.27. The molecule has 0 spiro atoms. The summed E-state index contributed by atoms with van der Waals surface area (Å²) in [5.74, 6) is -0.397. The smallest absolute Gasteiger partial charge is 0.308 e. The van der Waals surface area contributed by atoms with Gasteiger partial charge in [-0.2, -0.15) is 0 Å². The third-order valence-corrected chi connectivity index (χ3v) is 6.27. The van der Waals surface area contributed by atoms with Crippen LogP contribution in [0.3, 0.4) is 0 Å². The first-order valence-corrected chi connectivity index (χ1v) is 13.6. The molecule has 4 heteroatoms. The maximum absolute atomic E-state index is 11.8.